The van der Waals surface area contributed by atoms with Gasteiger partial charge in [0, 0.05) is 11.6 Å². The average molecular weight is 367 g/mol. The van der Waals surface area contributed by atoms with Crippen LogP contribution in [0.5, 0.6) is 5.75 Å². The first kappa shape index (κ1) is 17.1. The molecule has 26 heavy (non-hydrogen) atoms. The fourth-order valence-electron chi connectivity index (χ4n) is 1.99. The van der Waals surface area contributed by atoms with Crippen molar-refractivity contribution in [3.05, 3.63) is 51.8 Å². The molecule has 0 fully saturated rings. The lowest BCUT2D eigenvalue weighted by atomic mass is 10.2. The number of nitro benzene ring substituents is 1. The van der Waals surface area contributed by atoms with Crippen molar-refractivity contribution < 1.29 is 23.2 Å². The molecule has 0 saturated heterocycles. The number of phenols is 1. The van der Waals surface area contributed by atoms with Crippen LogP contribution in [0.3, 0.4) is 0 Å². The van der Waals surface area contributed by atoms with Gasteiger partial charge < -0.3 is 5.11 Å². The van der Waals surface area contributed by atoms with E-state index >= 15 is 0 Å². The highest BCUT2D eigenvalue weighted by Gasteiger charge is 2.37. The van der Waals surface area contributed by atoms with Gasteiger partial charge >= 0.3 is 11.9 Å². The molecule has 0 bridgehead atoms. The van der Waals surface area contributed by atoms with E-state index < -0.39 is 28.4 Å². The highest BCUT2D eigenvalue weighted by atomic mass is 19.4. The molecule has 0 aliphatic rings. The highest BCUT2D eigenvalue weighted by molar-refractivity contribution is 5.85. The summed E-state index contributed by atoms with van der Waals surface area (Å²) in [6, 6.07) is 6.38. The molecular weight excluding hydrogens is 359 g/mol. The van der Waals surface area contributed by atoms with Crippen molar-refractivity contribution in [1.29, 1.82) is 0 Å². The van der Waals surface area contributed by atoms with Crippen LogP contribution in [0.1, 0.15) is 11.4 Å². The Morgan fingerprint density at radius 3 is 2.73 bits per heavy atom. The monoisotopic (exact) mass is 367 g/mol. The van der Waals surface area contributed by atoms with Gasteiger partial charge in [-0.2, -0.15) is 22.8 Å². The predicted molar refractivity (Wildman–Crippen MR) is 81.8 cm³/mol. The number of aromatic hydroxyl groups is 1. The van der Waals surface area contributed by atoms with E-state index in [0.29, 0.717) is 4.52 Å². The highest BCUT2D eigenvalue weighted by Crippen LogP contribution is 2.28. The molecule has 0 atom stereocenters. The minimum absolute atomic E-state index is 0.0352. The fourth-order valence-corrected chi connectivity index (χ4v) is 1.99. The summed E-state index contributed by atoms with van der Waals surface area (Å²) in [5.74, 6) is -1.95. The van der Waals surface area contributed by atoms with Gasteiger partial charge in [0.1, 0.15) is 0 Å². The third-order valence-corrected chi connectivity index (χ3v) is 3.14. The molecule has 2 heterocycles. The Labute approximate surface area is 141 Å². The van der Waals surface area contributed by atoms with Crippen molar-refractivity contribution >= 4 is 23.4 Å². The lowest BCUT2D eigenvalue weighted by molar-refractivity contribution is -0.385. The number of hydrazone groups is 1. The number of para-hydroxylation sites is 1. The van der Waals surface area contributed by atoms with Gasteiger partial charge in [0.15, 0.2) is 11.5 Å². The number of nitro groups is 1. The summed E-state index contributed by atoms with van der Waals surface area (Å²) < 4.78 is 38.9. The van der Waals surface area contributed by atoms with Gasteiger partial charge in [0.25, 0.3) is 5.82 Å². The van der Waals surface area contributed by atoms with E-state index in [1.807, 2.05) is 0 Å². The molecule has 2 aromatic heterocycles. The summed E-state index contributed by atoms with van der Waals surface area (Å²) in [6.45, 7) is 0. The SMILES string of the molecule is O=[N+]([O-])c1cccc(/C=N\Nc2ccc3nnc(C(F)(F)F)n3n2)c1O. The van der Waals surface area contributed by atoms with Crippen molar-refractivity contribution in [2.45, 2.75) is 6.18 Å². The molecule has 0 aliphatic carbocycles. The molecule has 0 spiro atoms. The zero-order valence-corrected chi connectivity index (χ0v) is 12.5. The second-order valence-corrected chi connectivity index (χ2v) is 4.85. The maximum absolute atomic E-state index is 12.8. The minimum Gasteiger partial charge on any atom is -0.502 e. The lowest BCUT2D eigenvalue weighted by Gasteiger charge is -2.04. The van der Waals surface area contributed by atoms with Gasteiger partial charge in [-0.05, 0) is 18.2 Å². The van der Waals surface area contributed by atoms with Gasteiger partial charge in [-0.15, -0.1) is 15.3 Å². The second kappa shape index (κ2) is 6.27. The number of nitrogens with zero attached hydrogens (tertiary/aromatic N) is 6. The van der Waals surface area contributed by atoms with E-state index in [4.69, 9.17) is 0 Å². The molecule has 3 rings (SSSR count). The number of hydrogen-bond acceptors (Lipinski definition) is 8. The number of hydrogen-bond donors (Lipinski definition) is 2. The number of alkyl halides is 3. The zero-order chi connectivity index (χ0) is 18.9. The van der Waals surface area contributed by atoms with E-state index in [9.17, 15) is 28.4 Å². The normalized spacial score (nSPS) is 12.0. The quantitative estimate of drug-likeness (QED) is 0.410. The second-order valence-electron chi connectivity index (χ2n) is 4.85. The summed E-state index contributed by atoms with van der Waals surface area (Å²) >= 11 is 0. The van der Waals surface area contributed by atoms with E-state index in [1.165, 1.54) is 24.3 Å². The number of nitrogens with one attached hydrogen (secondary N) is 1. The van der Waals surface area contributed by atoms with Crippen LogP contribution in [-0.2, 0) is 6.18 Å². The van der Waals surface area contributed by atoms with Crippen LogP contribution in [0.15, 0.2) is 35.4 Å². The summed E-state index contributed by atoms with van der Waals surface area (Å²) in [7, 11) is 0. The van der Waals surface area contributed by atoms with Gasteiger partial charge in [0.2, 0.25) is 5.75 Å². The Morgan fingerprint density at radius 2 is 2.04 bits per heavy atom. The number of fused-ring (bicyclic) bond motifs is 1. The molecule has 1 aromatic carbocycles. The molecule has 0 radical (unpaired) electrons. The molecule has 13 heteroatoms. The fraction of sp³-hybridized carbons (Fsp3) is 0.0769. The molecule has 0 unspecified atom stereocenters. The lowest BCUT2D eigenvalue weighted by Crippen LogP contribution is -2.13. The zero-order valence-electron chi connectivity index (χ0n) is 12.5. The van der Waals surface area contributed by atoms with Crippen molar-refractivity contribution in [3.63, 3.8) is 0 Å². The van der Waals surface area contributed by atoms with Crippen LogP contribution in [0.4, 0.5) is 24.7 Å². The van der Waals surface area contributed by atoms with E-state index in [2.05, 4.69) is 25.8 Å². The Kier molecular flexibility index (Phi) is 4.11. The summed E-state index contributed by atoms with van der Waals surface area (Å²) in [6.07, 6.45) is -3.67. The first-order chi connectivity index (χ1) is 12.3. The number of rotatable bonds is 4. The maximum atomic E-state index is 12.8. The largest absolute Gasteiger partial charge is 0.502 e. The Bertz CT molecular complexity index is 1020. The standard InChI is InChI=1S/C13H8F3N7O3/c14-13(15,16)12-20-19-10-5-4-9(21-22(10)12)18-17-6-7-2-1-3-8(11(7)24)23(25)26/h1-6,24H,(H,18,21)/b17-6-. The molecule has 2 N–H and O–H groups in total. The topological polar surface area (TPSA) is 131 Å². The Balaban J connectivity index is 1.85. The van der Waals surface area contributed by atoms with Gasteiger partial charge in [-0.25, -0.2) is 0 Å². The average Bonchev–Trinajstić information content (AvgIpc) is 2.99. The van der Waals surface area contributed by atoms with Crippen LogP contribution < -0.4 is 5.43 Å². The maximum Gasteiger partial charge on any atom is 0.453 e. The number of benzene rings is 1. The van der Waals surface area contributed by atoms with Crippen LogP contribution in [0.2, 0.25) is 0 Å². The van der Waals surface area contributed by atoms with Crippen molar-refractivity contribution in [2.75, 3.05) is 5.43 Å². The van der Waals surface area contributed by atoms with Crippen LogP contribution in [-0.4, -0.2) is 36.1 Å². The minimum atomic E-state index is -4.73. The van der Waals surface area contributed by atoms with Crippen molar-refractivity contribution in [2.24, 2.45) is 5.10 Å². The molecular formula is C13H8F3N7O3. The Morgan fingerprint density at radius 1 is 1.27 bits per heavy atom. The number of aromatic nitrogens is 4. The third-order valence-electron chi connectivity index (χ3n) is 3.14. The van der Waals surface area contributed by atoms with Crippen LogP contribution in [0, 0.1) is 10.1 Å². The molecule has 0 amide bonds. The Hall–Kier alpha value is -3.77. The van der Waals surface area contributed by atoms with Crippen LogP contribution in [0.25, 0.3) is 5.65 Å². The first-order valence-corrected chi connectivity index (χ1v) is 6.82. The van der Waals surface area contributed by atoms with Gasteiger partial charge in [0.05, 0.1) is 11.1 Å². The number of phenolic OH excluding ortho intramolecular Hbond substituents is 1. The summed E-state index contributed by atoms with van der Waals surface area (Å²) in [4.78, 5) is 9.99. The summed E-state index contributed by atoms with van der Waals surface area (Å²) in [5, 5.41) is 34.3. The van der Waals surface area contributed by atoms with Crippen molar-refractivity contribution in [1.82, 2.24) is 19.8 Å². The van der Waals surface area contributed by atoms with E-state index in [1.54, 1.807) is 0 Å². The first-order valence-electron chi connectivity index (χ1n) is 6.82. The molecule has 0 saturated carbocycles. The molecule has 10 nitrogen and oxygen atoms in total. The van der Waals surface area contributed by atoms with Crippen molar-refractivity contribution in [3.8, 4) is 5.75 Å². The molecule has 134 valence electrons. The van der Waals surface area contributed by atoms with Gasteiger partial charge in [-0.3, -0.25) is 15.5 Å². The third kappa shape index (κ3) is 3.22. The number of anilines is 1. The van der Waals surface area contributed by atoms with E-state index in [-0.39, 0.29) is 17.0 Å². The molecule has 3 aromatic rings. The predicted octanol–water partition coefficient (Wildman–Crippen LogP) is 2.20. The van der Waals surface area contributed by atoms with Gasteiger partial charge in [-0.1, -0.05) is 6.07 Å². The molecule has 0 aliphatic heterocycles. The van der Waals surface area contributed by atoms with Crippen LogP contribution >= 0.6 is 0 Å². The smallest absolute Gasteiger partial charge is 0.453 e. The number of halogens is 3. The summed E-state index contributed by atoms with van der Waals surface area (Å²) in [5.41, 5.74) is 1.78. The van der Waals surface area contributed by atoms with E-state index in [0.717, 1.165) is 12.3 Å².